The Morgan fingerprint density at radius 3 is 2.80 bits per heavy atom. The van der Waals surface area contributed by atoms with Crippen LogP contribution in [0.15, 0.2) is 41.4 Å². The van der Waals surface area contributed by atoms with E-state index in [4.69, 9.17) is 11.6 Å². The van der Waals surface area contributed by atoms with Crippen LogP contribution in [0.1, 0.15) is 25.4 Å². The van der Waals surface area contributed by atoms with E-state index >= 15 is 0 Å². The van der Waals surface area contributed by atoms with Gasteiger partial charge in [-0.05, 0) is 18.2 Å². The van der Waals surface area contributed by atoms with Gasteiger partial charge in [0.05, 0.1) is 16.5 Å². The largest absolute Gasteiger partial charge is 0.309 e. The molecule has 0 amide bonds. The Kier molecular flexibility index (Phi) is 5.83. The fraction of sp³-hybridized carbons (Fsp3) is 0.333. The predicted molar refractivity (Wildman–Crippen MR) is 85.0 cm³/mol. The number of halogens is 1. The van der Waals surface area contributed by atoms with Gasteiger partial charge in [-0.15, -0.1) is 11.8 Å². The third-order valence-corrected chi connectivity index (χ3v) is 4.16. The SMILES string of the molecule is CC(C)NCc1ccnc(CSc2ccccc2Cl)n1. The van der Waals surface area contributed by atoms with Crippen molar-refractivity contribution in [3.05, 3.63) is 53.1 Å². The van der Waals surface area contributed by atoms with E-state index in [1.807, 2.05) is 36.5 Å². The number of hydrogen-bond donors (Lipinski definition) is 1. The maximum Gasteiger partial charge on any atom is 0.138 e. The summed E-state index contributed by atoms with van der Waals surface area (Å²) < 4.78 is 0. The first kappa shape index (κ1) is 15.3. The molecular formula is C15H18ClN3S. The van der Waals surface area contributed by atoms with E-state index in [0.717, 1.165) is 33.7 Å². The molecular weight excluding hydrogens is 290 g/mol. The molecule has 1 aromatic heterocycles. The molecule has 1 N–H and O–H groups in total. The first-order valence-corrected chi connectivity index (χ1v) is 7.93. The summed E-state index contributed by atoms with van der Waals surface area (Å²) in [5, 5.41) is 4.13. The van der Waals surface area contributed by atoms with Gasteiger partial charge in [-0.3, -0.25) is 0 Å². The maximum atomic E-state index is 6.13. The molecule has 0 saturated carbocycles. The molecule has 0 fully saturated rings. The van der Waals surface area contributed by atoms with Crippen molar-refractivity contribution >= 4 is 23.4 Å². The number of rotatable bonds is 6. The Morgan fingerprint density at radius 2 is 2.05 bits per heavy atom. The van der Waals surface area contributed by atoms with Crippen LogP contribution in [-0.4, -0.2) is 16.0 Å². The Balaban J connectivity index is 1.96. The molecule has 0 aliphatic heterocycles. The molecule has 0 bridgehead atoms. The van der Waals surface area contributed by atoms with Crippen molar-refractivity contribution in [1.82, 2.24) is 15.3 Å². The zero-order chi connectivity index (χ0) is 14.4. The van der Waals surface area contributed by atoms with E-state index in [0.29, 0.717) is 6.04 Å². The highest BCUT2D eigenvalue weighted by atomic mass is 35.5. The summed E-state index contributed by atoms with van der Waals surface area (Å²) in [7, 11) is 0. The number of hydrogen-bond acceptors (Lipinski definition) is 4. The normalized spacial score (nSPS) is 11.0. The van der Waals surface area contributed by atoms with Gasteiger partial charge < -0.3 is 5.32 Å². The molecule has 0 saturated heterocycles. The van der Waals surface area contributed by atoms with Gasteiger partial charge in [0.25, 0.3) is 0 Å². The van der Waals surface area contributed by atoms with E-state index in [1.165, 1.54) is 0 Å². The molecule has 3 nitrogen and oxygen atoms in total. The fourth-order valence-corrected chi connectivity index (χ4v) is 2.73. The van der Waals surface area contributed by atoms with Crippen LogP contribution in [0.25, 0.3) is 0 Å². The predicted octanol–water partition coefficient (Wildman–Crippen LogP) is 3.92. The number of thioether (sulfide) groups is 1. The van der Waals surface area contributed by atoms with Crippen LogP contribution < -0.4 is 5.32 Å². The van der Waals surface area contributed by atoms with Crippen molar-refractivity contribution in [3.63, 3.8) is 0 Å². The zero-order valence-electron chi connectivity index (χ0n) is 11.6. The molecule has 0 aliphatic rings. The minimum absolute atomic E-state index is 0.450. The van der Waals surface area contributed by atoms with E-state index in [2.05, 4.69) is 29.1 Å². The lowest BCUT2D eigenvalue weighted by Crippen LogP contribution is -2.22. The summed E-state index contributed by atoms with van der Waals surface area (Å²) in [6.45, 7) is 5.01. The van der Waals surface area contributed by atoms with Gasteiger partial charge in [-0.1, -0.05) is 37.6 Å². The highest BCUT2D eigenvalue weighted by Crippen LogP contribution is 2.28. The monoisotopic (exact) mass is 307 g/mol. The summed E-state index contributed by atoms with van der Waals surface area (Å²) >= 11 is 7.79. The molecule has 2 rings (SSSR count). The first-order chi connectivity index (χ1) is 9.65. The summed E-state index contributed by atoms with van der Waals surface area (Å²) in [6.07, 6.45) is 1.81. The van der Waals surface area contributed by atoms with Gasteiger partial charge in [0, 0.05) is 23.7 Å². The molecule has 1 heterocycles. The van der Waals surface area contributed by atoms with Gasteiger partial charge in [-0.2, -0.15) is 0 Å². The zero-order valence-corrected chi connectivity index (χ0v) is 13.2. The van der Waals surface area contributed by atoms with Crippen LogP contribution in [0, 0.1) is 0 Å². The van der Waals surface area contributed by atoms with E-state index < -0.39 is 0 Å². The van der Waals surface area contributed by atoms with Crippen molar-refractivity contribution in [2.45, 2.75) is 37.1 Å². The molecule has 0 spiro atoms. The Bertz CT molecular complexity index is 560. The van der Waals surface area contributed by atoms with Gasteiger partial charge >= 0.3 is 0 Å². The molecule has 1 aromatic carbocycles. The summed E-state index contributed by atoms with van der Waals surface area (Å²) in [5.41, 5.74) is 1.02. The quantitative estimate of drug-likeness (QED) is 0.821. The van der Waals surface area contributed by atoms with E-state index in [-0.39, 0.29) is 0 Å². The van der Waals surface area contributed by atoms with E-state index in [1.54, 1.807) is 11.8 Å². The third kappa shape index (κ3) is 4.78. The lowest BCUT2D eigenvalue weighted by molar-refractivity contribution is 0.579. The van der Waals surface area contributed by atoms with Crippen LogP contribution in [0.5, 0.6) is 0 Å². The van der Waals surface area contributed by atoms with E-state index in [9.17, 15) is 0 Å². The van der Waals surface area contributed by atoms with Crippen molar-refractivity contribution in [2.75, 3.05) is 0 Å². The second kappa shape index (κ2) is 7.62. The van der Waals surface area contributed by atoms with Gasteiger partial charge in [0.15, 0.2) is 0 Å². The van der Waals surface area contributed by atoms with Crippen molar-refractivity contribution in [1.29, 1.82) is 0 Å². The lowest BCUT2D eigenvalue weighted by atomic mass is 10.3. The summed E-state index contributed by atoms with van der Waals surface area (Å²) in [5.74, 6) is 1.55. The molecule has 0 unspecified atom stereocenters. The van der Waals surface area contributed by atoms with Gasteiger partial charge in [0.1, 0.15) is 5.82 Å². The Hall–Kier alpha value is -1.10. The lowest BCUT2D eigenvalue weighted by Gasteiger charge is -2.08. The average Bonchev–Trinajstić information content (AvgIpc) is 2.45. The van der Waals surface area contributed by atoms with Crippen LogP contribution in [0.2, 0.25) is 5.02 Å². The molecule has 5 heteroatoms. The molecule has 2 aromatic rings. The number of nitrogens with zero attached hydrogens (tertiary/aromatic N) is 2. The Morgan fingerprint density at radius 1 is 1.25 bits per heavy atom. The minimum atomic E-state index is 0.450. The number of aromatic nitrogens is 2. The van der Waals surface area contributed by atoms with Crippen LogP contribution in [0.4, 0.5) is 0 Å². The standard InChI is InChI=1S/C15H18ClN3S/c1-11(2)18-9-12-7-8-17-15(19-12)10-20-14-6-4-3-5-13(14)16/h3-8,11,18H,9-10H2,1-2H3. The molecule has 20 heavy (non-hydrogen) atoms. The highest BCUT2D eigenvalue weighted by Gasteiger charge is 2.04. The first-order valence-electron chi connectivity index (χ1n) is 6.56. The van der Waals surface area contributed by atoms with Crippen LogP contribution in [0.3, 0.4) is 0 Å². The van der Waals surface area contributed by atoms with Gasteiger partial charge in [0.2, 0.25) is 0 Å². The van der Waals surface area contributed by atoms with Crippen molar-refractivity contribution in [3.8, 4) is 0 Å². The second-order valence-electron chi connectivity index (χ2n) is 4.72. The summed E-state index contributed by atoms with van der Waals surface area (Å²) in [4.78, 5) is 9.92. The summed E-state index contributed by atoms with van der Waals surface area (Å²) in [6, 6.07) is 10.2. The average molecular weight is 308 g/mol. The van der Waals surface area contributed by atoms with Gasteiger partial charge in [-0.25, -0.2) is 9.97 Å². The smallest absolute Gasteiger partial charge is 0.138 e. The maximum absolute atomic E-state index is 6.13. The molecule has 106 valence electrons. The molecule has 0 aliphatic carbocycles. The second-order valence-corrected chi connectivity index (χ2v) is 6.14. The number of benzene rings is 1. The minimum Gasteiger partial charge on any atom is -0.309 e. The van der Waals surface area contributed by atoms with Crippen LogP contribution in [-0.2, 0) is 12.3 Å². The third-order valence-electron chi connectivity index (χ3n) is 2.65. The Labute approximate surface area is 129 Å². The molecule has 0 atom stereocenters. The highest BCUT2D eigenvalue weighted by molar-refractivity contribution is 7.98. The van der Waals surface area contributed by atoms with Crippen molar-refractivity contribution < 1.29 is 0 Å². The number of nitrogens with one attached hydrogen (secondary N) is 1. The topological polar surface area (TPSA) is 37.8 Å². The fourth-order valence-electron chi connectivity index (χ4n) is 1.62. The van der Waals surface area contributed by atoms with Crippen molar-refractivity contribution in [2.24, 2.45) is 0 Å². The van der Waals surface area contributed by atoms with Crippen LogP contribution >= 0.6 is 23.4 Å². The molecule has 0 radical (unpaired) electrons.